The summed E-state index contributed by atoms with van der Waals surface area (Å²) in [4.78, 5) is 24.7. The van der Waals surface area contributed by atoms with Crippen LogP contribution in [0.3, 0.4) is 0 Å². The van der Waals surface area contributed by atoms with Crippen LogP contribution in [0.4, 0.5) is 0 Å². The van der Waals surface area contributed by atoms with Gasteiger partial charge in [0, 0.05) is 6.04 Å². The van der Waals surface area contributed by atoms with Crippen molar-refractivity contribution in [2.45, 2.75) is 78.7 Å². The van der Waals surface area contributed by atoms with Crippen LogP contribution in [0.1, 0.15) is 69.8 Å². The summed E-state index contributed by atoms with van der Waals surface area (Å²) >= 11 is 0. The summed E-state index contributed by atoms with van der Waals surface area (Å²) in [6, 6.07) is 7.25. The highest BCUT2D eigenvalue weighted by atomic mass is 16.5. The summed E-state index contributed by atoms with van der Waals surface area (Å²) < 4.78 is 10.9. The molecule has 0 aliphatic heterocycles. The molecule has 5 heteroatoms. The van der Waals surface area contributed by atoms with Gasteiger partial charge in [-0.15, -0.1) is 0 Å². The van der Waals surface area contributed by atoms with E-state index in [1.54, 1.807) is 19.1 Å². The zero-order valence-corrected chi connectivity index (χ0v) is 17.2. The van der Waals surface area contributed by atoms with Gasteiger partial charge in [0.1, 0.15) is 0 Å². The lowest BCUT2D eigenvalue weighted by atomic mass is 9.78. The van der Waals surface area contributed by atoms with Crippen LogP contribution in [-0.4, -0.2) is 30.1 Å². The lowest BCUT2D eigenvalue weighted by molar-refractivity contribution is -0.130. The predicted octanol–water partition coefficient (Wildman–Crippen LogP) is 4.10. The summed E-state index contributed by atoms with van der Waals surface area (Å²) in [5, 5.41) is 3.06. The zero-order valence-electron chi connectivity index (χ0n) is 17.2. The third kappa shape index (κ3) is 6.35. The van der Waals surface area contributed by atoms with Crippen molar-refractivity contribution in [3.8, 4) is 0 Å². The number of esters is 1. The van der Waals surface area contributed by atoms with Gasteiger partial charge in [-0.3, -0.25) is 4.79 Å². The van der Waals surface area contributed by atoms with Gasteiger partial charge in [-0.05, 0) is 56.7 Å². The molecule has 0 heterocycles. The van der Waals surface area contributed by atoms with Gasteiger partial charge in [-0.25, -0.2) is 4.79 Å². The molecule has 4 atom stereocenters. The Labute approximate surface area is 162 Å². The molecule has 0 bridgehead atoms. The lowest BCUT2D eigenvalue weighted by Crippen LogP contribution is -2.47. The molecule has 1 aliphatic carbocycles. The number of carbonyl (C=O) groups is 2. The third-order valence-electron chi connectivity index (χ3n) is 5.46. The molecule has 0 saturated heterocycles. The maximum Gasteiger partial charge on any atom is 0.338 e. The third-order valence-corrected chi connectivity index (χ3v) is 5.46. The van der Waals surface area contributed by atoms with Crippen LogP contribution in [0.25, 0.3) is 0 Å². The fourth-order valence-corrected chi connectivity index (χ4v) is 3.37. The van der Waals surface area contributed by atoms with Crippen LogP contribution in [0.2, 0.25) is 0 Å². The van der Waals surface area contributed by atoms with Gasteiger partial charge in [0.05, 0.1) is 18.3 Å². The number of rotatable bonds is 7. The van der Waals surface area contributed by atoms with Crippen molar-refractivity contribution in [2.24, 2.45) is 11.8 Å². The molecule has 2 rings (SSSR count). The second-order valence-electron chi connectivity index (χ2n) is 7.99. The van der Waals surface area contributed by atoms with E-state index in [0.29, 0.717) is 24.0 Å². The summed E-state index contributed by atoms with van der Waals surface area (Å²) in [6.45, 7) is 10.5. The van der Waals surface area contributed by atoms with Crippen LogP contribution >= 0.6 is 0 Å². The van der Waals surface area contributed by atoms with E-state index >= 15 is 0 Å². The Kier molecular flexibility index (Phi) is 7.84. The van der Waals surface area contributed by atoms with Gasteiger partial charge >= 0.3 is 5.97 Å². The van der Waals surface area contributed by atoms with Crippen molar-refractivity contribution in [1.82, 2.24) is 5.32 Å². The van der Waals surface area contributed by atoms with Crippen molar-refractivity contribution in [1.29, 1.82) is 0 Å². The molecule has 150 valence electrons. The lowest BCUT2D eigenvalue weighted by Gasteiger charge is -2.35. The summed E-state index contributed by atoms with van der Waals surface area (Å²) in [5.74, 6) is 0.321. The second-order valence-corrected chi connectivity index (χ2v) is 7.99. The Hall–Kier alpha value is -1.88. The molecule has 27 heavy (non-hydrogen) atoms. The van der Waals surface area contributed by atoms with Crippen molar-refractivity contribution in [3.63, 3.8) is 0 Å². The van der Waals surface area contributed by atoms with Crippen LogP contribution in [0, 0.1) is 11.8 Å². The highest BCUT2D eigenvalue weighted by Gasteiger charge is 2.30. The van der Waals surface area contributed by atoms with Crippen LogP contribution < -0.4 is 5.32 Å². The van der Waals surface area contributed by atoms with E-state index in [0.717, 1.165) is 18.4 Å². The van der Waals surface area contributed by atoms with E-state index < -0.39 is 12.1 Å². The molecule has 1 N–H and O–H groups in total. The van der Waals surface area contributed by atoms with Gasteiger partial charge in [0.2, 0.25) is 0 Å². The molecular weight excluding hydrogens is 342 g/mol. The Morgan fingerprint density at radius 2 is 1.78 bits per heavy atom. The molecule has 1 fully saturated rings. The summed E-state index contributed by atoms with van der Waals surface area (Å²) in [5.41, 5.74) is 1.43. The molecule has 0 spiro atoms. The molecule has 0 unspecified atom stereocenters. The number of benzene rings is 1. The topological polar surface area (TPSA) is 64.6 Å². The normalized spacial score (nSPS) is 23.7. The minimum atomic E-state index is -0.814. The molecule has 5 nitrogen and oxygen atoms in total. The maximum atomic E-state index is 12.4. The van der Waals surface area contributed by atoms with Crippen LogP contribution in [0.15, 0.2) is 24.3 Å². The number of carbonyl (C=O) groups excluding carboxylic acids is 2. The minimum Gasteiger partial charge on any atom is -0.449 e. The summed E-state index contributed by atoms with van der Waals surface area (Å²) in [7, 11) is 0. The first-order valence-corrected chi connectivity index (χ1v) is 9.99. The van der Waals surface area contributed by atoms with Gasteiger partial charge in [0.25, 0.3) is 5.91 Å². The van der Waals surface area contributed by atoms with Crippen molar-refractivity contribution < 1.29 is 19.1 Å². The van der Waals surface area contributed by atoms with E-state index in [2.05, 4.69) is 19.2 Å². The van der Waals surface area contributed by atoms with Crippen LogP contribution in [0.5, 0.6) is 0 Å². The van der Waals surface area contributed by atoms with E-state index in [-0.39, 0.29) is 18.1 Å². The smallest absolute Gasteiger partial charge is 0.338 e. The first kappa shape index (κ1) is 21.4. The van der Waals surface area contributed by atoms with Gasteiger partial charge in [-0.2, -0.15) is 0 Å². The molecule has 1 aromatic carbocycles. The highest BCUT2D eigenvalue weighted by molar-refractivity contribution is 5.92. The van der Waals surface area contributed by atoms with Crippen molar-refractivity contribution >= 4 is 11.9 Å². The monoisotopic (exact) mass is 375 g/mol. The van der Waals surface area contributed by atoms with Crippen molar-refractivity contribution in [3.05, 3.63) is 35.4 Å². The quantitative estimate of drug-likeness (QED) is 0.729. The van der Waals surface area contributed by atoms with E-state index in [9.17, 15) is 9.59 Å². The number of hydrogen-bond donors (Lipinski definition) is 1. The Morgan fingerprint density at radius 3 is 2.41 bits per heavy atom. The maximum absolute atomic E-state index is 12.4. The van der Waals surface area contributed by atoms with Crippen molar-refractivity contribution in [2.75, 3.05) is 0 Å². The predicted molar refractivity (Wildman–Crippen MR) is 105 cm³/mol. The van der Waals surface area contributed by atoms with E-state index in [4.69, 9.17) is 9.47 Å². The fourth-order valence-electron chi connectivity index (χ4n) is 3.37. The molecule has 1 aromatic rings. The Morgan fingerprint density at radius 1 is 1.11 bits per heavy atom. The second kappa shape index (κ2) is 9.88. The average molecular weight is 376 g/mol. The highest BCUT2D eigenvalue weighted by Crippen LogP contribution is 2.29. The standard InChI is InChI=1S/C22H33NO4/c1-14(2)26-13-18-9-11-19(12-10-18)22(25)27-17(5)21(24)23-20-8-6-7-15(3)16(20)4/h9-12,14-17,20H,6-8,13H2,1-5H3,(H,23,24)/t15-,16+,17+,20+/m0/s1. The molecular formula is C22H33NO4. The molecule has 0 radical (unpaired) electrons. The first-order valence-electron chi connectivity index (χ1n) is 9.99. The van der Waals surface area contributed by atoms with E-state index in [1.165, 1.54) is 6.42 Å². The number of ether oxygens (including phenoxy) is 2. The Balaban J connectivity index is 1.86. The largest absolute Gasteiger partial charge is 0.449 e. The van der Waals surface area contributed by atoms with E-state index in [1.807, 2.05) is 26.0 Å². The molecule has 1 saturated carbocycles. The van der Waals surface area contributed by atoms with Gasteiger partial charge in [-0.1, -0.05) is 38.8 Å². The number of hydrogen-bond acceptors (Lipinski definition) is 4. The summed E-state index contributed by atoms with van der Waals surface area (Å²) in [6.07, 6.45) is 2.65. The zero-order chi connectivity index (χ0) is 20.0. The first-order chi connectivity index (χ1) is 12.8. The number of nitrogens with one attached hydrogen (secondary N) is 1. The fraction of sp³-hybridized carbons (Fsp3) is 0.636. The minimum absolute atomic E-state index is 0.155. The average Bonchev–Trinajstić information content (AvgIpc) is 2.64. The molecule has 1 amide bonds. The molecule has 1 aliphatic rings. The molecule has 0 aromatic heterocycles. The van der Waals surface area contributed by atoms with Gasteiger partial charge in [0.15, 0.2) is 6.10 Å². The van der Waals surface area contributed by atoms with Gasteiger partial charge < -0.3 is 14.8 Å². The number of amides is 1. The SMILES string of the molecule is CC(C)OCc1ccc(C(=O)O[C@H](C)C(=O)N[C@@H]2CCC[C@H](C)[C@H]2C)cc1. The van der Waals surface area contributed by atoms with Crippen LogP contribution in [-0.2, 0) is 20.9 Å². The Bertz CT molecular complexity index is 626.